The lowest BCUT2D eigenvalue weighted by atomic mass is 10.1. The van der Waals surface area contributed by atoms with Crippen LogP contribution in [0.1, 0.15) is 12.8 Å². The van der Waals surface area contributed by atoms with Crippen molar-refractivity contribution in [1.29, 1.82) is 0 Å². The summed E-state index contributed by atoms with van der Waals surface area (Å²) >= 11 is 0. The molecular formula is C22H28ClN5O3. The quantitative estimate of drug-likeness (QED) is 0.583. The van der Waals surface area contributed by atoms with Gasteiger partial charge < -0.3 is 10.0 Å². The fraction of sp³-hybridized carbons (Fsp3) is 0.409. The number of phenolic OH excluding ortho intramolecular Hbond substituents is 1. The minimum absolute atomic E-state index is 0. The summed E-state index contributed by atoms with van der Waals surface area (Å²) in [5.74, 6) is 0.292. The number of halogens is 1. The molecule has 0 radical (unpaired) electrons. The lowest BCUT2D eigenvalue weighted by Crippen LogP contribution is -2.46. The number of aromatic nitrogens is 3. The number of anilines is 1. The van der Waals surface area contributed by atoms with E-state index in [2.05, 4.69) is 33.1 Å². The van der Waals surface area contributed by atoms with Crippen LogP contribution < -0.4 is 16.1 Å². The monoisotopic (exact) mass is 445 g/mol. The van der Waals surface area contributed by atoms with Crippen molar-refractivity contribution in [3.05, 3.63) is 63.4 Å². The lowest BCUT2D eigenvalue weighted by Gasteiger charge is -2.36. The highest BCUT2D eigenvalue weighted by atomic mass is 35.5. The van der Waals surface area contributed by atoms with Gasteiger partial charge in [0.25, 0.3) is 5.56 Å². The lowest BCUT2D eigenvalue weighted by molar-refractivity contribution is 0.250. The highest BCUT2D eigenvalue weighted by Crippen LogP contribution is 2.30. The first-order valence-electron chi connectivity index (χ1n) is 10.3. The van der Waals surface area contributed by atoms with Gasteiger partial charge in [0.1, 0.15) is 11.9 Å². The molecule has 2 aromatic carbocycles. The van der Waals surface area contributed by atoms with Crippen LogP contribution in [0.4, 0.5) is 5.69 Å². The molecule has 1 N–H and O–H groups in total. The zero-order valence-electron chi connectivity index (χ0n) is 17.6. The Morgan fingerprint density at radius 2 is 1.74 bits per heavy atom. The molecule has 1 aromatic heterocycles. The molecule has 0 atom stereocenters. The number of hydrogen-bond donors (Lipinski definition) is 1. The molecule has 1 aliphatic heterocycles. The number of unbranched alkanes of at least 4 members (excludes halogenated alkanes) is 1. The van der Waals surface area contributed by atoms with E-state index < -0.39 is 0 Å². The van der Waals surface area contributed by atoms with Crippen LogP contribution in [0.5, 0.6) is 5.75 Å². The van der Waals surface area contributed by atoms with Crippen molar-refractivity contribution in [2.24, 2.45) is 7.05 Å². The first-order chi connectivity index (χ1) is 14.5. The fourth-order valence-corrected chi connectivity index (χ4v) is 4.01. The van der Waals surface area contributed by atoms with Gasteiger partial charge in [-0.25, -0.2) is 9.48 Å². The molecule has 2 heterocycles. The molecular weight excluding hydrogens is 418 g/mol. The Kier molecular flexibility index (Phi) is 7.35. The summed E-state index contributed by atoms with van der Waals surface area (Å²) in [6.45, 7) is 5.34. The van der Waals surface area contributed by atoms with Crippen LogP contribution in [0.3, 0.4) is 0 Å². The molecule has 31 heavy (non-hydrogen) atoms. The molecule has 0 bridgehead atoms. The third-order valence-electron chi connectivity index (χ3n) is 5.80. The van der Waals surface area contributed by atoms with Gasteiger partial charge in [-0.3, -0.25) is 14.3 Å². The van der Waals surface area contributed by atoms with E-state index in [1.165, 1.54) is 23.6 Å². The van der Waals surface area contributed by atoms with Gasteiger partial charge in [0.05, 0.1) is 0 Å². The highest BCUT2D eigenvalue weighted by molar-refractivity contribution is 5.95. The van der Waals surface area contributed by atoms with Crippen molar-refractivity contribution in [3.63, 3.8) is 0 Å². The predicted molar refractivity (Wildman–Crippen MR) is 124 cm³/mol. The van der Waals surface area contributed by atoms with Crippen LogP contribution in [-0.2, 0) is 13.6 Å². The van der Waals surface area contributed by atoms with E-state index in [4.69, 9.17) is 0 Å². The van der Waals surface area contributed by atoms with Gasteiger partial charge >= 0.3 is 5.69 Å². The summed E-state index contributed by atoms with van der Waals surface area (Å²) < 4.78 is 2.44. The number of piperazine rings is 1. The highest BCUT2D eigenvalue weighted by Gasteiger charge is 2.18. The molecule has 0 amide bonds. The summed E-state index contributed by atoms with van der Waals surface area (Å²) in [7, 11) is 1.47. The molecule has 9 heteroatoms. The molecule has 3 aromatic rings. The van der Waals surface area contributed by atoms with Crippen LogP contribution in [0, 0.1) is 0 Å². The summed E-state index contributed by atoms with van der Waals surface area (Å²) in [5.41, 5.74) is 0.427. The van der Waals surface area contributed by atoms with Crippen LogP contribution in [0.25, 0.3) is 10.8 Å². The normalized spacial score (nSPS) is 14.5. The second kappa shape index (κ2) is 9.98. The van der Waals surface area contributed by atoms with Gasteiger partial charge in [0.15, 0.2) is 0 Å². The van der Waals surface area contributed by atoms with Crippen LogP contribution in [0.2, 0.25) is 0 Å². The smallest absolute Gasteiger partial charge is 0.347 e. The number of rotatable bonds is 6. The number of hydrogen-bond acceptors (Lipinski definition) is 6. The van der Waals surface area contributed by atoms with E-state index in [-0.39, 0.29) is 23.7 Å². The van der Waals surface area contributed by atoms with Crippen molar-refractivity contribution in [3.8, 4) is 5.75 Å². The molecule has 1 aliphatic rings. The maximum atomic E-state index is 12.0. The number of nitrogens with zero attached hydrogens (tertiary/aromatic N) is 5. The molecule has 0 saturated carbocycles. The van der Waals surface area contributed by atoms with E-state index >= 15 is 0 Å². The van der Waals surface area contributed by atoms with Crippen LogP contribution in [0.15, 0.2) is 52.2 Å². The summed E-state index contributed by atoms with van der Waals surface area (Å²) in [6.07, 6.45) is 3.00. The van der Waals surface area contributed by atoms with Crippen molar-refractivity contribution < 1.29 is 5.11 Å². The number of aromatic hydroxyl groups is 1. The van der Waals surface area contributed by atoms with Gasteiger partial charge in [-0.05, 0) is 43.0 Å². The Bertz CT molecular complexity index is 1150. The SMILES string of the molecule is Cl.Cn1c(=O)cnn(CCCCN2CCN(c3cccc4ccc(O)cc34)CC2)c1=O. The van der Waals surface area contributed by atoms with Crippen molar-refractivity contribution >= 4 is 28.9 Å². The van der Waals surface area contributed by atoms with Crippen LogP contribution >= 0.6 is 12.4 Å². The maximum Gasteiger partial charge on any atom is 0.347 e. The maximum absolute atomic E-state index is 12.0. The largest absolute Gasteiger partial charge is 0.508 e. The summed E-state index contributed by atoms with van der Waals surface area (Å²) in [5, 5.41) is 16.0. The van der Waals surface area contributed by atoms with Crippen molar-refractivity contribution in [2.45, 2.75) is 19.4 Å². The fourth-order valence-electron chi connectivity index (χ4n) is 4.01. The van der Waals surface area contributed by atoms with E-state index in [1.54, 1.807) is 6.07 Å². The summed E-state index contributed by atoms with van der Waals surface area (Å²) in [4.78, 5) is 28.2. The Morgan fingerprint density at radius 1 is 1.00 bits per heavy atom. The number of benzene rings is 2. The van der Waals surface area contributed by atoms with Gasteiger partial charge in [-0.2, -0.15) is 5.10 Å². The first kappa shape index (κ1) is 22.8. The van der Waals surface area contributed by atoms with Gasteiger partial charge in [0.2, 0.25) is 0 Å². The Balaban J connectivity index is 0.00000272. The zero-order chi connectivity index (χ0) is 21.1. The van der Waals surface area contributed by atoms with Gasteiger partial charge in [-0.1, -0.05) is 18.2 Å². The second-order valence-electron chi connectivity index (χ2n) is 7.77. The topological polar surface area (TPSA) is 83.6 Å². The number of aryl methyl sites for hydroxylation is 1. The molecule has 1 saturated heterocycles. The molecule has 1 fully saturated rings. The molecule has 0 spiro atoms. The third-order valence-corrected chi connectivity index (χ3v) is 5.80. The molecule has 0 aliphatic carbocycles. The average Bonchev–Trinajstić information content (AvgIpc) is 2.76. The zero-order valence-corrected chi connectivity index (χ0v) is 18.4. The van der Waals surface area contributed by atoms with E-state index in [9.17, 15) is 14.7 Å². The Morgan fingerprint density at radius 3 is 2.52 bits per heavy atom. The minimum Gasteiger partial charge on any atom is -0.508 e. The minimum atomic E-state index is -0.379. The molecule has 0 unspecified atom stereocenters. The van der Waals surface area contributed by atoms with E-state index in [1.807, 2.05) is 12.1 Å². The Hall–Kier alpha value is -2.84. The van der Waals surface area contributed by atoms with Gasteiger partial charge in [-0.15, -0.1) is 12.4 Å². The molecule has 8 nitrogen and oxygen atoms in total. The van der Waals surface area contributed by atoms with Gasteiger partial charge in [0, 0.05) is 50.8 Å². The Labute approximate surface area is 186 Å². The van der Waals surface area contributed by atoms with Crippen molar-refractivity contribution in [2.75, 3.05) is 37.6 Å². The molecule has 4 rings (SSSR count). The van der Waals surface area contributed by atoms with Crippen molar-refractivity contribution in [1.82, 2.24) is 19.2 Å². The number of fused-ring (bicyclic) bond motifs is 1. The van der Waals surface area contributed by atoms with E-state index in [0.29, 0.717) is 12.3 Å². The third kappa shape index (κ3) is 5.08. The predicted octanol–water partition coefficient (Wildman–Crippen LogP) is 1.82. The second-order valence-corrected chi connectivity index (χ2v) is 7.77. The summed E-state index contributed by atoms with van der Waals surface area (Å²) in [6, 6.07) is 11.8. The first-order valence-corrected chi connectivity index (χ1v) is 10.3. The van der Waals surface area contributed by atoms with Crippen LogP contribution in [-0.4, -0.2) is 57.1 Å². The van der Waals surface area contributed by atoms with E-state index in [0.717, 1.165) is 60.9 Å². The molecule has 166 valence electrons. The number of phenols is 1. The average molecular weight is 446 g/mol. The standard InChI is InChI=1S/C22H27N5O3.ClH/c1-24-21(29)16-23-27(22(24)30)10-3-2-9-25-11-13-26(14-12-25)20-6-4-5-17-7-8-18(28)15-19(17)20;/h4-8,15-16,28H,2-3,9-14H2,1H3;1H.